The van der Waals surface area contributed by atoms with Crippen molar-refractivity contribution in [3.05, 3.63) is 0 Å². The first-order valence-electron chi connectivity index (χ1n) is 5.59. The highest BCUT2D eigenvalue weighted by Gasteiger charge is 2.16. The number of nitrogens with two attached hydrogens (primary N) is 1. The Morgan fingerprint density at radius 2 is 1.82 bits per heavy atom. The highest BCUT2D eigenvalue weighted by atomic mass is 35.5. The van der Waals surface area contributed by atoms with E-state index in [9.17, 15) is 9.59 Å². The van der Waals surface area contributed by atoms with Crippen LogP contribution in [0.5, 0.6) is 0 Å². The summed E-state index contributed by atoms with van der Waals surface area (Å²) in [6.45, 7) is 4.13. The highest BCUT2D eigenvalue weighted by molar-refractivity contribution is 5.85. The van der Waals surface area contributed by atoms with Crippen molar-refractivity contribution in [2.75, 3.05) is 20.6 Å². The fourth-order valence-corrected chi connectivity index (χ4v) is 1.07. The van der Waals surface area contributed by atoms with Crippen LogP contribution >= 0.6 is 12.4 Å². The van der Waals surface area contributed by atoms with Crippen molar-refractivity contribution in [3.8, 4) is 0 Å². The summed E-state index contributed by atoms with van der Waals surface area (Å²) in [5.74, 6) is -0.161. The van der Waals surface area contributed by atoms with Crippen LogP contribution in [0.3, 0.4) is 0 Å². The number of halogens is 1. The van der Waals surface area contributed by atoms with E-state index in [0.29, 0.717) is 19.4 Å². The zero-order chi connectivity index (χ0) is 12.7. The summed E-state index contributed by atoms with van der Waals surface area (Å²) in [5, 5.41) is 2.77. The first-order valence-corrected chi connectivity index (χ1v) is 5.59. The SMILES string of the molecule is CC(N)C(C)C(=O)NCCCC(=O)N(C)C.Cl. The lowest BCUT2D eigenvalue weighted by Crippen LogP contribution is -2.39. The van der Waals surface area contributed by atoms with Gasteiger partial charge in [0.05, 0.1) is 0 Å². The molecule has 0 aliphatic rings. The summed E-state index contributed by atoms with van der Waals surface area (Å²) in [6, 6.07) is -0.150. The summed E-state index contributed by atoms with van der Waals surface area (Å²) in [6.07, 6.45) is 1.12. The minimum Gasteiger partial charge on any atom is -0.356 e. The van der Waals surface area contributed by atoms with Gasteiger partial charge in [-0.15, -0.1) is 12.4 Å². The number of hydrogen-bond donors (Lipinski definition) is 2. The maximum atomic E-state index is 11.5. The molecule has 0 spiro atoms. The zero-order valence-electron chi connectivity index (χ0n) is 11.0. The lowest BCUT2D eigenvalue weighted by molar-refractivity contribution is -0.129. The lowest BCUT2D eigenvalue weighted by Gasteiger charge is -2.15. The molecule has 0 heterocycles. The van der Waals surface area contributed by atoms with Crippen LogP contribution in [0.4, 0.5) is 0 Å². The van der Waals surface area contributed by atoms with E-state index in [1.807, 2.05) is 0 Å². The number of nitrogens with one attached hydrogen (secondary N) is 1. The van der Waals surface area contributed by atoms with E-state index >= 15 is 0 Å². The summed E-state index contributed by atoms with van der Waals surface area (Å²) in [7, 11) is 3.44. The molecule has 6 heteroatoms. The van der Waals surface area contributed by atoms with Crippen molar-refractivity contribution < 1.29 is 9.59 Å². The van der Waals surface area contributed by atoms with Gasteiger partial charge in [-0.3, -0.25) is 9.59 Å². The van der Waals surface area contributed by atoms with E-state index in [-0.39, 0.29) is 36.2 Å². The number of hydrogen-bond acceptors (Lipinski definition) is 3. The molecule has 0 fully saturated rings. The molecule has 0 bridgehead atoms. The van der Waals surface area contributed by atoms with Crippen LogP contribution in [0, 0.1) is 5.92 Å². The van der Waals surface area contributed by atoms with Crippen molar-refractivity contribution in [1.82, 2.24) is 10.2 Å². The molecule has 0 aliphatic carbocycles. The molecule has 0 aromatic heterocycles. The van der Waals surface area contributed by atoms with Crippen molar-refractivity contribution >= 4 is 24.2 Å². The molecule has 2 unspecified atom stereocenters. The first kappa shape index (κ1) is 18.6. The maximum absolute atomic E-state index is 11.5. The smallest absolute Gasteiger partial charge is 0.224 e. The van der Waals surface area contributed by atoms with E-state index in [1.54, 1.807) is 32.8 Å². The average molecular weight is 266 g/mol. The normalized spacial score (nSPS) is 13.2. The Morgan fingerprint density at radius 1 is 1.29 bits per heavy atom. The van der Waals surface area contributed by atoms with Gasteiger partial charge in [0.2, 0.25) is 11.8 Å². The summed E-state index contributed by atoms with van der Waals surface area (Å²) < 4.78 is 0. The second kappa shape index (κ2) is 9.24. The first-order chi connectivity index (χ1) is 7.36. The van der Waals surface area contributed by atoms with Crippen LogP contribution in [0.25, 0.3) is 0 Å². The molecule has 0 rings (SSSR count). The molecule has 0 saturated heterocycles. The molecule has 0 aliphatic heterocycles. The third kappa shape index (κ3) is 7.99. The van der Waals surface area contributed by atoms with Gasteiger partial charge in [0.1, 0.15) is 0 Å². The molecule has 0 radical (unpaired) electrons. The third-order valence-corrected chi connectivity index (χ3v) is 2.57. The minimum atomic E-state index is -0.190. The molecular weight excluding hydrogens is 242 g/mol. The lowest BCUT2D eigenvalue weighted by atomic mass is 10.0. The number of nitrogens with zero attached hydrogens (tertiary/aromatic N) is 1. The molecule has 0 aromatic carbocycles. The van der Waals surface area contributed by atoms with E-state index < -0.39 is 0 Å². The molecule has 2 atom stereocenters. The molecule has 0 aromatic rings. The van der Waals surface area contributed by atoms with Crippen LogP contribution in [-0.4, -0.2) is 43.4 Å². The number of rotatable bonds is 6. The van der Waals surface area contributed by atoms with Gasteiger partial charge in [-0.1, -0.05) is 6.92 Å². The molecular formula is C11H24ClN3O2. The van der Waals surface area contributed by atoms with Crippen LogP contribution in [0.2, 0.25) is 0 Å². The topological polar surface area (TPSA) is 75.4 Å². The largest absolute Gasteiger partial charge is 0.356 e. The fraction of sp³-hybridized carbons (Fsp3) is 0.818. The quantitative estimate of drug-likeness (QED) is 0.682. The van der Waals surface area contributed by atoms with Crippen molar-refractivity contribution in [1.29, 1.82) is 0 Å². The standard InChI is InChI=1S/C11H23N3O2.ClH/c1-8(9(2)12)11(16)13-7-5-6-10(15)14(3)4;/h8-9H,5-7,12H2,1-4H3,(H,13,16);1H. The Morgan fingerprint density at radius 3 is 2.24 bits per heavy atom. The predicted octanol–water partition coefficient (Wildman–Crippen LogP) is 0.376. The van der Waals surface area contributed by atoms with Gasteiger partial charge < -0.3 is 16.0 Å². The summed E-state index contributed by atoms with van der Waals surface area (Å²) in [5.41, 5.74) is 5.61. The number of amides is 2. The predicted molar refractivity (Wildman–Crippen MR) is 71.0 cm³/mol. The highest BCUT2D eigenvalue weighted by Crippen LogP contribution is 1.99. The van der Waals surface area contributed by atoms with Crippen molar-refractivity contribution in [2.24, 2.45) is 11.7 Å². The second-order valence-corrected chi connectivity index (χ2v) is 4.33. The molecule has 5 nitrogen and oxygen atoms in total. The Kier molecular flexibility index (Phi) is 10.1. The van der Waals surface area contributed by atoms with Crippen LogP contribution in [-0.2, 0) is 9.59 Å². The van der Waals surface area contributed by atoms with Crippen LogP contribution in [0.15, 0.2) is 0 Å². The van der Waals surface area contributed by atoms with Crippen molar-refractivity contribution in [2.45, 2.75) is 32.7 Å². The zero-order valence-corrected chi connectivity index (χ0v) is 11.8. The monoisotopic (exact) mass is 265 g/mol. The van der Waals surface area contributed by atoms with Gasteiger partial charge in [0.15, 0.2) is 0 Å². The third-order valence-electron chi connectivity index (χ3n) is 2.57. The molecule has 3 N–H and O–H groups in total. The van der Waals surface area contributed by atoms with Crippen LogP contribution < -0.4 is 11.1 Å². The number of carbonyl (C=O) groups is 2. The molecule has 2 amide bonds. The Balaban J connectivity index is 0. The molecule has 102 valence electrons. The van der Waals surface area contributed by atoms with Crippen LogP contribution in [0.1, 0.15) is 26.7 Å². The average Bonchev–Trinajstić information content (AvgIpc) is 2.22. The minimum absolute atomic E-state index is 0. The van der Waals surface area contributed by atoms with E-state index in [2.05, 4.69) is 5.32 Å². The summed E-state index contributed by atoms with van der Waals surface area (Å²) in [4.78, 5) is 24.2. The van der Waals surface area contributed by atoms with E-state index in [1.165, 1.54) is 0 Å². The van der Waals surface area contributed by atoms with E-state index in [4.69, 9.17) is 5.73 Å². The molecule has 0 saturated carbocycles. The molecule has 17 heavy (non-hydrogen) atoms. The fourth-order valence-electron chi connectivity index (χ4n) is 1.07. The van der Waals surface area contributed by atoms with Gasteiger partial charge in [0.25, 0.3) is 0 Å². The summed E-state index contributed by atoms with van der Waals surface area (Å²) >= 11 is 0. The van der Waals surface area contributed by atoms with Gasteiger partial charge in [-0.25, -0.2) is 0 Å². The maximum Gasteiger partial charge on any atom is 0.224 e. The van der Waals surface area contributed by atoms with E-state index in [0.717, 1.165) is 0 Å². The Hall–Kier alpha value is -0.810. The number of carbonyl (C=O) groups excluding carboxylic acids is 2. The second-order valence-electron chi connectivity index (χ2n) is 4.33. The Labute approximate surface area is 110 Å². The Bertz CT molecular complexity index is 245. The van der Waals surface area contributed by atoms with Gasteiger partial charge in [-0.05, 0) is 13.3 Å². The van der Waals surface area contributed by atoms with Gasteiger partial charge >= 0.3 is 0 Å². The van der Waals surface area contributed by atoms with Gasteiger partial charge in [-0.2, -0.15) is 0 Å². The van der Waals surface area contributed by atoms with Gasteiger partial charge in [0, 0.05) is 39.0 Å². The van der Waals surface area contributed by atoms with Crippen molar-refractivity contribution in [3.63, 3.8) is 0 Å².